The number of ether oxygens (including phenoxy) is 1. The highest BCUT2D eigenvalue weighted by molar-refractivity contribution is 5.90. The van der Waals surface area contributed by atoms with Crippen LogP contribution in [-0.4, -0.2) is 32.2 Å². The number of carbonyl (C=O) groups excluding carboxylic acids is 1. The smallest absolute Gasteiger partial charge is 0.269 e. The lowest BCUT2D eigenvalue weighted by atomic mass is 10.2. The fourth-order valence-corrected chi connectivity index (χ4v) is 1.08. The van der Waals surface area contributed by atoms with E-state index < -0.39 is 0 Å². The summed E-state index contributed by atoms with van der Waals surface area (Å²) >= 11 is 0. The van der Waals surface area contributed by atoms with Crippen molar-refractivity contribution in [3.8, 4) is 5.75 Å². The van der Waals surface area contributed by atoms with Crippen LogP contribution in [0.5, 0.6) is 5.75 Å². The molecule has 0 aromatic heterocycles. The minimum Gasteiger partial charge on any atom is -0.497 e. The Morgan fingerprint density at radius 2 is 1.88 bits per heavy atom. The molecule has 0 saturated heterocycles. The number of hydrogen-bond acceptors (Lipinski definition) is 3. The van der Waals surface area contributed by atoms with E-state index in [1.54, 1.807) is 20.2 Å². The van der Waals surface area contributed by atoms with Gasteiger partial charge < -0.3 is 4.74 Å². The predicted octanol–water partition coefficient (Wildman–Crippen LogP) is 1.73. The molecule has 86 valence electrons. The molecule has 0 N–H and O–H groups in total. The van der Waals surface area contributed by atoms with Gasteiger partial charge in [-0.25, -0.2) is 5.06 Å². The van der Waals surface area contributed by atoms with Crippen LogP contribution in [0.25, 0.3) is 6.08 Å². The normalized spacial score (nSPS) is 10.4. The third-order valence-corrected chi connectivity index (χ3v) is 2.12. The number of carbonyl (C=O) groups is 1. The van der Waals surface area contributed by atoms with Crippen molar-refractivity contribution in [3.05, 3.63) is 35.9 Å². The highest BCUT2D eigenvalue weighted by Crippen LogP contribution is 2.12. The molecule has 0 atom stereocenters. The van der Waals surface area contributed by atoms with Gasteiger partial charge in [0.15, 0.2) is 0 Å². The number of nitrogens with zero attached hydrogens (tertiary/aromatic N) is 1. The quantitative estimate of drug-likeness (QED) is 0.574. The Bertz CT molecular complexity index is 370. The summed E-state index contributed by atoms with van der Waals surface area (Å²) in [5.41, 5.74) is 0.929. The minimum absolute atomic E-state index is 0.210. The first-order valence-electron chi connectivity index (χ1n) is 4.81. The molecular formula is C12H15NO3. The third-order valence-electron chi connectivity index (χ3n) is 2.12. The van der Waals surface area contributed by atoms with Gasteiger partial charge in [0.05, 0.1) is 14.2 Å². The second-order valence-corrected chi connectivity index (χ2v) is 3.12. The van der Waals surface area contributed by atoms with Gasteiger partial charge in [0.1, 0.15) is 5.75 Å². The summed E-state index contributed by atoms with van der Waals surface area (Å²) in [6.07, 6.45) is 3.17. The van der Waals surface area contributed by atoms with Gasteiger partial charge in [-0.1, -0.05) is 12.1 Å². The number of methoxy groups -OCH3 is 1. The average Bonchev–Trinajstić information content (AvgIpc) is 2.35. The van der Waals surface area contributed by atoms with Crippen molar-refractivity contribution in [2.75, 3.05) is 21.3 Å². The van der Waals surface area contributed by atoms with Gasteiger partial charge in [-0.05, 0) is 23.8 Å². The molecule has 0 spiro atoms. The fraction of sp³-hybridized carbons (Fsp3) is 0.250. The summed E-state index contributed by atoms with van der Waals surface area (Å²) in [5.74, 6) is 0.579. The van der Waals surface area contributed by atoms with E-state index in [2.05, 4.69) is 0 Å². The van der Waals surface area contributed by atoms with E-state index in [0.717, 1.165) is 16.4 Å². The zero-order chi connectivity index (χ0) is 12.0. The lowest BCUT2D eigenvalue weighted by molar-refractivity contribution is -0.162. The van der Waals surface area contributed by atoms with E-state index in [1.165, 1.54) is 13.2 Å². The summed E-state index contributed by atoms with van der Waals surface area (Å²) in [5, 5.41) is 1.15. The molecule has 0 fully saturated rings. The van der Waals surface area contributed by atoms with Crippen LogP contribution in [-0.2, 0) is 9.63 Å². The molecule has 0 heterocycles. The second kappa shape index (κ2) is 5.92. The Morgan fingerprint density at radius 3 is 2.38 bits per heavy atom. The topological polar surface area (TPSA) is 38.8 Å². The minimum atomic E-state index is -0.210. The van der Waals surface area contributed by atoms with Crippen molar-refractivity contribution in [2.24, 2.45) is 0 Å². The Kier molecular flexibility index (Phi) is 4.54. The van der Waals surface area contributed by atoms with E-state index >= 15 is 0 Å². The second-order valence-electron chi connectivity index (χ2n) is 3.12. The van der Waals surface area contributed by atoms with Crippen LogP contribution in [0.4, 0.5) is 0 Å². The standard InChI is InChI=1S/C12H15NO3/c1-13(16-3)12(14)9-6-10-4-7-11(15-2)8-5-10/h4-9H,1-3H3/b9-6-. The van der Waals surface area contributed by atoms with Crippen molar-refractivity contribution in [3.63, 3.8) is 0 Å². The van der Waals surface area contributed by atoms with Crippen LogP contribution in [0.1, 0.15) is 5.56 Å². The van der Waals surface area contributed by atoms with Gasteiger partial charge in [-0.3, -0.25) is 9.63 Å². The van der Waals surface area contributed by atoms with Crippen molar-refractivity contribution < 1.29 is 14.4 Å². The Balaban J connectivity index is 2.65. The van der Waals surface area contributed by atoms with E-state index in [4.69, 9.17) is 9.57 Å². The number of benzene rings is 1. The Morgan fingerprint density at radius 1 is 1.25 bits per heavy atom. The van der Waals surface area contributed by atoms with Crippen molar-refractivity contribution in [1.29, 1.82) is 0 Å². The number of hydroxylamine groups is 2. The maximum absolute atomic E-state index is 11.4. The van der Waals surface area contributed by atoms with Crippen LogP contribution < -0.4 is 4.74 Å². The number of hydrogen-bond donors (Lipinski definition) is 0. The molecule has 0 unspecified atom stereocenters. The van der Waals surface area contributed by atoms with Crippen LogP contribution in [0.3, 0.4) is 0 Å². The van der Waals surface area contributed by atoms with Gasteiger partial charge in [0.2, 0.25) is 0 Å². The first-order chi connectivity index (χ1) is 7.67. The van der Waals surface area contributed by atoms with Gasteiger partial charge in [-0.2, -0.15) is 0 Å². The zero-order valence-electron chi connectivity index (χ0n) is 9.64. The van der Waals surface area contributed by atoms with Crippen molar-refractivity contribution in [2.45, 2.75) is 0 Å². The van der Waals surface area contributed by atoms with Gasteiger partial charge in [-0.15, -0.1) is 0 Å². The molecule has 0 bridgehead atoms. The maximum Gasteiger partial charge on any atom is 0.269 e. The summed E-state index contributed by atoms with van der Waals surface area (Å²) in [7, 11) is 4.61. The highest BCUT2D eigenvalue weighted by atomic mass is 16.7. The van der Waals surface area contributed by atoms with Crippen LogP contribution in [0.15, 0.2) is 30.3 Å². The first kappa shape index (κ1) is 12.3. The molecule has 1 aromatic rings. The maximum atomic E-state index is 11.4. The molecule has 1 aromatic carbocycles. The van der Waals surface area contributed by atoms with Crippen molar-refractivity contribution in [1.82, 2.24) is 5.06 Å². The first-order valence-corrected chi connectivity index (χ1v) is 4.81. The zero-order valence-corrected chi connectivity index (χ0v) is 9.64. The molecule has 1 amide bonds. The van der Waals surface area contributed by atoms with Crippen molar-refractivity contribution >= 4 is 12.0 Å². The van der Waals surface area contributed by atoms with Crippen LogP contribution in [0.2, 0.25) is 0 Å². The molecule has 0 saturated carbocycles. The summed E-state index contributed by atoms with van der Waals surface area (Å²) in [6.45, 7) is 0. The predicted molar refractivity (Wildman–Crippen MR) is 61.8 cm³/mol. The highest BCUT2D eigenvalue weighted by Gasteiger charge is 2.01. The van der Waals surface area contributed by atoms with Gasteiger partial charge >= 0.3 is 0 Å². The summed E-state index contributed by atoms with van der Waals surface area (Å²) in [4.78, 5) is 16.1. The number of likely N-dealkylation sites (N-methyl/N-ethyl adjacent to an activating group) is 1. The number of amides is 1. The summed E-state index contributed by atoms with van der Waals surface area (Å²) in [6, 6.07) is 7.42. The fourth-order valence-electron chi connectivity index (χ4n) is 1.08. The van der Waals surface area contributed by atoms with Crippen LogP contribution >= 0.6 is 0 Å². The molecule has 4 nitrogen and oxygen atoms in total. The Labute approximate surface area is 95.0 Å². The average molecular weight is 221 g/mol. The lowest BCUT2D eigenvalue weighted by Crippen LogP contribution is -2.22. The van der Waals surface area contributed by atoms with Crippen LogP contribution in [0, 0.1) is 0 Å². The molecule has 4 heteroatoms. The molecular weight excluding hydrogens is 206 g/mol. The van der Waals surface area contributed by atoms with Gasteiger partial charge in [0, 0.05) is 13.1 Å². The monoisotopic (exact) mass is 221 g/mol. The molecule has 0 aliphatic rings. The van der Waals surface area contributed by atoms with E-state index in [9.17, 15) is 4.79 Å². The Hall–Kier alpha value is -1.81. The molecule has 16 heavy (non-hydrogen) atoms. The van der Waals surface area contributed by atoms with Gasteiger partial charge in [0.25, 0.3) is 5.91 Å². The number of rotatable bonds is 4. The SMILES string of the molecule is COc1ccc(/C=C\C(=O)N(C)OC)cc1. The third kappa shape index (κ3) is 3.40. The lowest BCUT2D eigenvalue weighted by Gasteiger charge is -2.09. The van der Waals surface area contributed by atoms with E-state index in [0.29, 0.717) is 0 Å². The molecule has 0 aliphatic carbocycles. The molecule has 0 aliphatic heterocycles. The summed E-state index contributed by atoms with van der Waals surface area (Å²) < 4.78 is 5.03. The molecule has 1 rings (SSSR count). The van der Waals surface area contributed by atoms with E-state index in [1.807, 2.05) is 24.3 Å². The molecule has 0 radical (unpaired) electrons. The largest absolute Gasteiger partial charge is 0.497 e. The van der Waals surface area contributed by atoms with E-state index in [-0.39, 0.29) is 5.91 Å².